The fourth-order valence-electron chi connectivity index (χ4n) is 1.89. The number of hydrogen-bond acceptors (Lipinski definition) is 4. The van der Waals surface area contributed by atoms with Gasteiger partial charge in [0.1, 0.15) is 11.3 Å². The Hall–Kier alpha value is -2.06. The predicted octanol–water partition coefficient (Wildman–Crippen LogP) is 1.58. The minimum absolute atomic E-state index is 0.0501. The first-order chi connectivity index (χ1) is 9.00. The van der Waals surface area contributed by atoms with Crippen molar-refractivity contribution in [2.24, 2.45) is 5.73 Å². The Morgan fingerprint density at radius 3 is 3.05 bits per heavy atom. The molecule has 0 spiro atoms. The standard InChI is InChI=1S/C14H17N3O2/c1-14(16,9-15)6-7-19-11-3-4-12-10(8-11)2-5-13(18)17-12/h3-4,8H,2,5-7,16H2,1H3,(H,17,18). The molecule has 2 rings (SSSR count). The Kier molecular flexibility index (Phi) is 3.72. The average Bonchev–Trinajstić information content (AvgIpc) is 2.39. The second-order valence-corrected chi connectivity index (χ2v) is 4.99. The zero-order chi connectivity index (χ0) is 13.9. The second kappa shape index (κ2) is 5.29. The molecule has 19 heavy (non-hydrogen) atoms. The van der Waals surface area contributed by atoms with Crippen molar-refractivity contribution in [2.45, 2.75) is 31.7 Å². The van der Waals surface area contributed by atoms with E-state index in [4.69, 9.17) is 15.7 Å². The minimum Gasteiger partial charge on any atom is -0.493 e. The summed E-state index contributed by atoms with van der Waals surface area (Å²) in [6.07, 6.45) is 1.70. The van der Waals surface area contributed by atoms with E-state index in [1.54, 1.807) is 6.92 Å². The summed E-state index contributed by atoms with van der Waals surface area (Å²) in [5.41, 5.74) is 6.79. The number of amides is 1. The Labute approximate surface area is 112 Å². The van der Waals surface area contributed by atoms with E-state index in [0.29, 0.717) is 19.4 Å². The van der Waals surface area contributed by atoms with Crippen LogP contribution in [0.1, 0.15) is 25.3 Å². The first-order valence-corrected chi connectivity index (χ1v) is 6.26. The second-order valence-electron chi connectivity index (χ2n) is 4.99. The van der Waals surface area contributed by atoms with Gasteiger partial charge in [0.2, 0.25) is 5.91 Å². The molecule has 1 amide bonds. The molecule has 0 saturated carbocycles. The lowest BCUT2D eigenvalue weighted by Crippen LogP contribution is -2.35. The highest BCUT2D eigenvalue weighted by molar-refractivity contribution is 5.93. The Balaban J connectivity index is 1.96. The molecular formula is C14H17N3O2. The van der Waals surface area contributed by atoms with E-state index < -0.39 is 5.54 Å². The molecule has 1 heterocycles. The van der Waals surface area contributed by atoms with Crippen LogP contribution < -0.4 is 15.8 Å². The van der Waals surface area contributed by atoms with Crippen molar-refractivity contribution in [3.05, 3.63) is 23.8 Å². The van der Waals surface area contributed by atoms with Crippen molar-refractivity contribution in [1.82, 2.24) is 0 Å². The van der Waals surface area contributed by atoms with Crippen LogP contribution in [0, 0.1) is 11.3 Å². The number of ether oxygens (including phenoxy) is 1. The van der Waals surface area contributed by atoms with Crippen LogP contribution in [0.2, 0.25) is 0 Å². The first-order valence-electron chi connectivity index (χ1n) is 6.26. The van der Waals surface area contributed by atoms with E-state index >= 15 is 0 Å². The van der Waals surface area contributed by atoms with E-state index in [1.165, 1.54) is 0 Å². The van der Waals surface area contributed by atoms with Gasteiger partial charge in [-0.15, -0.1) is 0 Å². The number of carbonyl (C=O) groups is 1. The molecule has 1 aliphatic rings. The molecule has 1 aromatic carbocycles. The summed E-state index contributed by atoms with van der Waals surface area (Å²) in [7, 11) is 0. The number of benzene rings is 1. The van der Waals surface area contributed by atoms with Gasteiger partial charge in [-0.05, 0) is 37.1 Å². The quantitative estimate of drug-likeness (QED) is 0.859. The number of hydrogen-bond donors (Lipinski definition) is 2. The minimum atomic E-state index is -0.859. The Morgan fingerprint density at radius 2 is 2.32 bits per heavy atom. The number of nitriles is 1. The fraction of sp³-hybridized carbons (Fsp3) is 0.429. The molecule has 1 atom stereocenters. The molecule has 0 aromatic heterocycles. The third-order valence-electron chi connectivity index (χ3n) is 3.12. The number of nitrogens with two attached hydrogens (primary N) is 1. The van der Waals surface area contributed by atoms with Crippen LogP contribution in [0.4, 0.5) is 5.69 Å². The number of rotatable bonds is 4. The van der Waals surface area contributed by atoms with Crippen molar-refractivity contribution < 1.29 is 9.53 Å². The van der Waals surface area contributed by atoms with Crippen LogP contribution in [-0.2, 0) is 11.2 Å². The van der Waals surface area contributed by atoms with Gasteiger partial charge < -0.3 is 15.8 Å². The molecule has 5 nitrogen and oxygen atoms in total. The zero-order valence-corrected chi connectivity index (χ0v) is 10.9. The van der Waals surface area contributed by atoms with E-state index in [9.17, 15) is 4.79 Å². The maximum absolute atomic E-state index is 11.2. The maximum Gasteiger partial charge on any atom is 0.224 e. The lowest BCUT2D eigenvalue weighted by Gasteiger charge is -2.19. The van der Waals surface area contributed by atoms with Crippen molar-refractivity contribution >= 4 is 11.6 Å². The van der Waals surface area contributed by atoms with Gasteiger partial charge in [0, 0.05) is 18.5 Å². The number of nitrogens with zero attached hydrogens (tertiary/aromatic N) is 1. The number of fused-ring (bicyclic) bond motifs is 1. The molecule has 0 radical (unpaired) electrons. The first kappa shape index (κ1) is 13.4. The van der Waals surface area contributed by atoms with Crippen LogP contribution in [0.3, 0.4) is 0 Å². The summed E-state index contributed by atoms with van der Waals surface area (Å²) in [4.78, 5) is 11.2. The summed E-state index contributed by atoms with van der Waals surface area (Å²) < 4.78 is 5.59. The Morgan fingerprint density at radius 1 is 1.53 bits per heavy atom. The molecule has 0 aliphatic carbocycles. The largest absolute Gasteiger partial charge is 0.493 e. The third kappa shape index (κ3) is 3.46. The Bertz CT molecular complexity index is 532. The topological polar surface area (TPSA) is 88.1 Å². The number of anilines is 1. The van der Waals surface area contributed by atoms with E-state index in [-0.39, 0.29) is 5.91 Å². The molecule has 1 unspecified atom stereocenters. The number of aryl methyl sites for hydroxylation is 1. The molecule has 3 N–H and O–H groups in total. The van der Waals surface area contributed by atoms with Crippen LogP contribution >= 0.6 is 0 Å². The molecule has 1 aliphatic heterocycles. The van der Waals surface area contributed by atoms with E-state index in [1.807, 2.05) is 24.3 Å². The lowest BCUT2D eigenvalue weighted by molar-refractivity contribution is -0.116. The summed E-state index contributed by atoms with van der Waals surface area (Å²) >= 11 is 0. The zero-order valence-electron chi connectivity index (χ0n) is 10.9. The molecule has 1 aromatic rings. The summed E-state index contributed by atoms with van der Waals surface area (Å²) in [5, 5.41) is 11.6. The van der Waals surface area contributed by atoms with Gasteiger partial charge in [-0.1, -0.05) is 0 Å². The summed E-state index contributed by atoms with van der Waals surface area (Å²) in [6, 6.07) is 7.61. The molecule has 5 heteroatoms. The number of nitrogens with one attached hydrogen (secondary N) is 1. The lowest BCUT2D eigenvalue weighted by atomic mass is 10.0. The van der Waals surface area contributed by atoms with Gasteiger partial charge in [-0.2, -0.15) is 5.26 Å². The van der Waals surface area contributed by atoms with Gasteiger partial charge in [0.25, 0.3) is 0 Å². The summed E-state index contributed by atoms with van der Waals surface area (Å²) in [6.45, 7) is 2.07. The maximum atomic E-state index is 11.2. The van der Waals surface area contributed by atoms with Crippen LogP contribution in [0.15, 0.2) is 18.2 Å². The van der Waals surface area contributed by atoms with Crippen molar-refractivity contribution in [3.63, 3.8) is 0 Å². The number of carbonyl (C=O) groups excluding carboxylic acids is 1. The monoisotopic (exact) mass is 259 g/mol. The predicted molar refractivity (Wildman–Crippen MR) is 71.7 cm³/mol. The van der Waals surface area contributed by atoms with Gasteiger partial charge in [0.15, 0.2) is 0 Å². The highest BCUT2D eigenvalue weighted by Gasteiger charge is 2.18. The highest BCUT2D eigenvalue weighted by atomic mass is 16.5. The molecular weight excluding hydrogens is 242 g/mol. The summed E-state index contributed by atoms with van der Waals surface area (Å²) in [5.74, 6) is 0.790. The fourth-order valence-corrected chi connectivity index (χ4v) is 1.89. The van der Waals surface area contributed by atoms with Crippen LogP contribution in [0.25, 0.3) is 0 Å². The van der Waals surface area contributed by atoms with Crippen molar-refractivity contribution in [3.8, 4) is 11.8 Å². The molecule has 0 saturated heterocycles. The average molecular weight is 259 g/mol. The smallest absolute Gasteiger partial charge is 0.224 e. The normalized spacial score (nSPS) is 16.8. The van der Waals surface area contributed by atoms with Gasteiger partial charge in [0.05, 0.1) is 12.7 Å². The molecule has 100 valence electrons. The van der Waals surface area contributed by atoms with Gasteiger partial charge in [-0.3, -0.25) is 4.79 Å². The van der Waals surface area contributed by atoms with Gasteiger partial charge in [-0.25, -0.2) is 0 Å². The van der Waals surface area contributed by atoms with Crippen molar-refractivity contribution in [1.29, 1.82) is 5.26 Å². The van der Waals surface area contributed by atoms with E-state index in [2.05, 4.69) is 5.32 Å². The molecule has 0 fully saturated rings. The van der Waals surface area contributed by atoms with Crippen molar-refractivity contribution in [2.75, 3.05) is 11.9 Å². The molecule has 0 bridgehead atoms. The highest BCUT2D eigenvalue weighted by Crippen LogP contribution is 2.26. The van der Waals surface area contributed by atoms with E-state index in [0.717, 1.165) is 23.4 Å². The third-order valence-corrected chi connectivity index (χ3v) is 3.12. The van der Waals surface area contributed by atoms with Crippen LogP contribution in [0.5, 0.6) is 5.75 Å². The van der Waals surface area contributed by atoms with Gasteiger partial charge >= 0.3 is 0 Å². The SMILES string of the molecule is CC(N)(C#N)CCOc1ccc2c(c1)CCC(=O)N2. The van der Waals surface area contributed by atoms with Crippen LogP contribution in [-0.4, -0.2) is 18.1 Å².